The van der Waals surface area contributed by atoms with E-state index < -0.39 is 17.9 Å². The lowest BCUT2D eigenvalue weighted by atomic mass is 9.84. The molecule has 2 aromatic heterocycles. The van der Waals surface area contributed by atoms with Crippen molar-refractivity contribution in [2.24, 2.45) is 0 Å². The smallest absolute Gasteiger partial charge is 0.325 e. The van der Waals surface area contributed by atoms with E-state index in [0.717, 1.165) is 42.5 Å². The molecule has 1 aliphatic rings. The summed E-state index contributed by atoms with van der Waals surface area (Å²) in [5.74, 6) is -1.17. The Morgan fingerprint density at radius 2 is 1.66 bits per heavy atom. The molecule has 2 heterocycles. The molecule has 0 bridgehead atoms. The molecule has 1 atom stereocenters. The van der Waals surface area contributed by atoms with Crippen molar-refractivity contribution < 1.29 is 14.7 Å². The van der Waals surface area contributed by atoms with E-state index in [4.69, 9.17) is 5.11 Å². The topological polar surface area (TPSA) is 96.6 Å². The second-order valence-corrected chi connectivity index (χ2v) is 10.7. The molecule has 1 amide bonds. The van der Waals surface area contributed by atoms with Crippen LogP contribution in [0.3, 0.4) is 0 Å². The van der Waals surface area contributed by atoms with Crippen LogP contribution in [0.25, 0.3) is 5.65 Å². The molecule has 0 saturated heterocycles. The Morgan fingerprint density at radius 3 is 2.12 bits per heavy atom. The van der Waals surface area contributed by atoms with Gasteiger partial charge in [-0.15, -0.1) is 0 Å². The van der Waals surface area contributed by atoms with Crippen LogP contribution in [0.4, 0.5) is 0 Å². The van der Waals surface area contributed by atoms with Gasteiger partial charge in [0.15, 0.2) is 5.65 Å². The summed E-state index contributed by atoms with van der Waals surface area (Å²) in [7, 11) is 0. The number of rotatable bonds is 10. The highest BCUT2D eigenvalue weighted by Crippen LogP contribution is 2.35. The van der Waals surface area contributed by atoms with Gasteiger partial charge >= 0.3 is 5.97 Å². The van der Waals surface area contributed by atoms with Gasteiger partial charge in [0.1, 0.15) is 11.6 Å². The third kappa shape index (κ3) is 13.5. The van der Waals surface area contributed by atoms with Gasteiger partial charge < -0.3 is 10.4 Å². The molecule has 0 radical (unpaired) electrons. The lowest BCUT2D eigenvalue weighted by molar-refractivity contribution is -0.138. The number of amides is 1. The summed E-state index contributed by atoms with van der Waals surface area (Å²) in [5.41, 5.74) is 5.51. The van der Waals surface area contributed by atoms with Crippen LogP contribution in [0.2, 0.25) is 0 Å². The van der Waals surface area contributed by atoms with E-state index in [-0.39, 0.29) is 0 Å². The molecule has 0 spiro atoms. The first-order chi connectivity index (χ1) is 19.6. The van der Waals surface area contributed by atoms with Crippen molar-refractivity contribution in [1.82, 2.24) is 19.9 Å². The Kier molecular flexibility index (Phi) is 20.2. The number of fused-ring (bicyclic) bond motifs is 1. The lowest BCUT2D eigenvalue weighted by Crippen LogP contribution is -2.38. The number of aliphatic carboxylic acids is 1. The molecule has 41 heavy (non-hydrogen) atoms. The highest BCUT2D eigenvalue weighted by molar-refractivity contribution is 6.01. The summed E-state index contributed by atoms with van der Waals surface area (Å²) in [6, 6.07) is -0.979. The summed E-state index contributed by atoms with van der Waals surface area (Å²) in [6.07, 6.45) is 18.4. The minimum Gasteiger partial charge on any atom is -0.480 e. The third-order valence-corrected chi connectivity index (χ3v) is 7.07. The van der Waals surface area contributed by atoms with Gasteiger partial charge in [-0.25, -0.2) is 9.50 Å². The van der Waals surface area contributed by atoms with Gasteiger partial charge in [0.05, 0.1) is 11.9 Å². The molecular formula is C34H58N4O3. The van der Waals surface area contributed by atoms with Crippen LogP contribution in [0.1, 0.15) is 154 Å². The fraction of sp³-hybridized carbons (Fsp3) is 0.647. The largest absolute Gasteiger partial charge is 0.480 e. The second-order valence-electron chi connectivity index (χ2n) is 10.7. The first kappa shape index (κ1) is 38.0. The van der Waals surface area contributed by atoms with Gasteiger partial charge in [0.25, 0.3) is 5.91 Å². The summed E-state index contributed by atoms with van der Waals surface area (Å²) >= 11 is 0. The number of aromatic nitrogens is 3. The molecule has 0 aromatic carbocycles. The van der Waals surface area contributed by atoms with Crippen LogP contribution in [0, 0.1) is 0 Å². The SMILES string of the molecule is C=C(CC)Cc1cnc2c(C(=O)N[C@@H](C)C(=O)O)cnn2c1C1CCCCC1.CC.CC=C(C)C.CCCCCC. The number of nitrogens with zero attached hydrogens (tertiary/aromatic N) is 3. The average Bonchev–Trinajstić information content (AvgIpc) is 3.42. The Bertz CT molecular complexity index is 1070. The van der Waals surface area contributed by atoms with Crippen molar-refractivity contribution >= 4 is 17.5 Å². The maximum atomic E-state index is 12.5. The van der Waals surface area contributed by atoms with Crippen molar-refractivity contribution in [3.8, 4) is 0 Å². The van der Waals surface area contributed by atoms with E-state index in [1.165, 1.54) is 63.6 Å². The van der Waals surface area contributed by atoms with E-state index >= 15 is 0 Å². The van der Waals surface area contributed by atoms with E-state index in [2.05, 4.69) is 62.7 Å². The molecular weight excluding hydrogens is 512 g/mol. The van der Waals surface area contributed by atoms with Crippen LogP contribution in [-0.4, -0.2) is 37.6 Å². The molecule has 2 N–H and O–H groups in total. The molecule has 1 saturated carbocycles. The van der Waals surface area contributed by atoms with Crippen LogP contribution in [-0.2, 0) is 11.2 Å². The zero-order chi connectivity index (χ0) is 31.4. The van der Waals surface area contributed by atoms with Crippen molar-refractivity contribution in [1.29, 1.82) is 0 Å². The Hall–Kier alpha value is -2.96. The van der Waals surface area contributed by atoms with Crippen LogP contribution in [0.5, 0.6) is 0 Å². The minimum absolute atomic E-state index is 0.297. The van der Waals surface area contributed by atoms with Crippen LogP contribution in [0.15, 0.2) is 36.2 Å². The quantitative estimate of drug-likeness (QED) is 0.219. The number of allylic oxidation sites excluding steroid dienone is 3. The van der Waals surface area contributed by atoms with Gasteiger partial charge in [0.2, 0.25) is 0 Å². The molecule has 3 rings (SSSR count). The number of nitrogens with one attached hydrogen (secondary N) is 1. The second kappa shape index (κ2) is 21.7. The zero-order valence-corrected chi connectivity index (χ0v) is 27.5. The molecule has 0 aliphatic heterocycles. The van der Waals surface area contributed by atoms with E-state index in [1.54, 1.807) is 4.52 Å². The number of hydrogen-bond acceptors (Lipinski definition) is 4. The number of hydrogen-bond donors (Lipinski definition) is 2. The number of carboxylic acid groups (broad SMARTS) is 1. The lowest BCUT2D eigenvalue weighted by Gasteiger charge is -2.25. The molecule has 232 valence electrons. The minimum atomic E-state index is -1.08. The molecule has 2 aromatic rings. The Balaban J connectivity index is 0.00000103. The monoisotopic (exact) mass is 570 g/mol. The van der Waals surface area contributed by atoms with Gasteiger partial charge in [-0.1, -0.05) is 103 Å². The van der Waals surface area contributed by atoms with Gasteiger partial charge in [-0.05, 0) is 58.9 Å². The van der Waals surface area contributed by atoms with Crippen molar-refractivity contribution in [2.75, 3.05) is 0 Å². The van der Waals surface area contributed by atoms with Gasteiger partial charge in [-0.3, -0.25) is 9.59 Å². The number of unbranched alkanes of at least 4 members (excludes halogenated alkanes) is 3. The van der Waals surface area contributed by atoms with Gasteiger partial charge in [-0.2, -0.15) is 5.10 Å². The highest BCUT2D eigenvalue weighted by Gasteiger charge is 2.26. The van der Waals surface area contributed by atoms with Crippen LogP contribution < -0.4 is 5.32 Å². The maximum Gasteiger partial charge on any atom is 0.325 e. The average molecular weight is 571 g/mol. The van der Waals surface area contributed by atoms with Crippen LogP contribution >= 0.6 is 0 Å². The Morgan fingerprint density at radius 1 is 1.10 bits per heavy atom. The van der Waals surface area contributed by atoms with Gasteiger partial charge in [0, 0.05) is 12.1 Å². The van der Waals surface area contributed by atoms with Crippen molar-refractivity contribution in [3.05, 3.63) is 53.0 Å². The van der Waals surface area contributed by atoms with E-state index in [1.807, 2.05) is 27.0 Å². The third-order valence-electron chi connectivity index (χ3n) is 7.07. The summed E-state index contributed by atoms with van der Waals surface area (Å²) in [5, 5.41) is 16.0. The van der Waals surface area contributed by atoms with E-state index in [0.29, 0.717) is 17.1 Å². The summed E-state index contributed by atoms with van der Waals surface area (Å²) < 4.78 is 1.79. The zero-order valence-electron chi connectivity index (χ0n) is 27.5. The molecule has 7 nitrogen and oxygen atoms in total. The number of carbonyl (C=O) groups is 2. The summed E-state index contributed by atoms with van der Waals surface area (Å²) in [6.45, 7) is 22.3. The molecule has 1 aliphatic carbocycles. The predicted octanol–water partition coefficient (Wildman–Crippen LogP) is 9.07. The number of carboxylic acids is 1. The first-order valence-electron chi connectivity index (χ1n) is 15.8. The summed E-state index contributed by atoms with van der Waals surface area (Å²) in [4.78, 5) is 28.1. The normalized spacial score (nSPS) is 13.3. The highest BCUT2D eigenvalue weighted by atomic mass is 16.4. The van der Waals surface area contributed by atoms with E-state index in [9.17, 15) is 9.59 Å². The Labute approximate surface area is 249 Å². The van der Waals surface area contributed by atoms with Crippen molar-refractivity contribution in [2.45, 2.75) is 145 Å². The van der Waals surface area contributed by atoms with Crippen molar-refractivity contribution in [3.63, 3.8) is 0 Å². The maximum absolute atomic E-state index is 12.5. The molecule has 1 fully saturated rings. The fourth-order valence-electron chi connectivity index (χ4n) is 4.32. The predicted molar refractivity (Wildman–Crippen MR) is 173 cm³/mol. The first-order valence-corrected chi connectivity index (χ1v) is 15.8. The molecule has 7 heteroatoms. The molecule has 0 unspecified atom stereocenters. The fourth-order valence-corrected chi connectivity index (χ4v) is 4.32. The number of carbonyl (C=O) groups excluding carboxylic acids is 1. The standard InChI is InChI=1S/C21H28N4O3.C6H14.C5H10.C2H6/c1-4-13(2)10-16-11-22-19-17(20(26)24-14(3)21(27)28)12-23-25(19)18(16)15-8-6-5-7-9-15;1-3-5-6-4-2;1-4-5(2)3;1-2/h11-12,14-15H,2,4-10H2,1,3H3,(H,24,26)(H,27,28);3-6H2,1-2H3;4H,1-3H3;1-2H3/t14-;;;/m0.../s1.